The summed E-state index contributed by atoms with van der Waals surface area (Å²) in [4.78, 5) is 35.5. The first-order chi connectivity index (χ1) is 45.8. The molecule has 0 spiro atoms. The second-order valence-corrected chi connectivity index (χ2v) is 28.0. The van der Waals surface area contributed by atoms with Crippen LogP contribution in [-0.4, -0.2) is 49.3 Å². The average Bonchev–Trinajstić information content (AvgIpc) is 3.04. The molecule has 0 bridgehead atoms. The van der Waals surface area contributed by atoms with Gasteiger partial charge in [0.05, 0.1) is 13.2 Å². The van der Waals surface area contributed by atoms with E-state index in [4.69, 9.17) is 24.3 Å². The number of esters is 2. The maximum Gasteiger partial charge on any atom is 0.472 e. The third-order valence-electron chi connectivity index (χ3n) is 17.5. The predicted octanol–water partition coefficient (Wildman–Crippen LogP) is 26.6. The lowest BCUT2D eigenvalue weighted by Gasteiger charge is -2.19. The zero-order chi connectivity index (χ0) is 67.2. The summed E-state index contributed by atoms with van der Waals surface area (Å²) >= 11 is 0. The number of nitrogens with two attached hydrogens (primary N) is 1. The normalized spacial score (nSPS) is 13.4. The van der Waals surface area contributed by atoms with Gasteiger partial charge in [0.25, 0.3) is 0 Å². The van der Waals surface area contributed by atoms with E-state index in [1.165, 1.54) is 270 Å². The van der Waals surface area contributed by atoms with Crippen LogP contribution in [0.25, 0.3) is 0 Å². The Balaban J connectivity index is 3.79. The van der Waals surface area contributed by atoms with E-state index in [0.717, 1.165) is 83.5 Å². The molecule has 0 amide bonds. The number of ether oxygens (including phenoxy) is 2. The van der Waals surface area contributed by atoms with Crippen molar-refractivity contribution in [2.45, 2.75) is 392 Å². The van der Waals surface area contributed by atoms with Crippen LogP contribution in [0.2, 0.25) is 0 Å². The molecule has 0 radical (unpaired) electrons. The van der Waals surface area contributed by atoms with Gasteiger partial charge in [-0.1, -0.05) is 374 Å². The Labute approximate surface area is 576 Å². The Morgan fingerprint density at radius 1 is 0.333 bits per heavy atom. The van der Waals surface area contributed by atoms with Gasteiger partial charge in [-0.05, 0) is 96.3 Å². The summed E-state index contributed by atoms with van der Waals surface area (Å²) in [6.45, 7) is 3.68. The molecule has 0 aliphatic rings. The molecule has 93 heavy (non-hydrogen) atoms. The molecule has 0 aliphatic heterocycles. The van der Waals surface area contributed by atoms with E-state index >= 15 is 0 Å². The van der Waals surface area contributed by atoms with Crippen molar-refractivity contribution < 1.29 is 37.6 Å². The summed E-state index contributed by atoms with van der Waals surface area (Å²) in [6, 6.07) is 0. The highest BCUT2D eigenvalue weighted by Crippen LogP contribution is 2.43. The molecule has 0 saturated heterocycles. The highest BCUT2D eigenvalue weighted by atomic mass is 31.2. The van der Waals surface area contributed by atoms with Crippen molar-refractivity contribution in [3.63, 3.8) is 0 Å². The molecule has 9 nitrogen and oxygen atoms in total. The van der Waals surface area contributed by atoms with Gasteiger partial charge in [-0.25, -0.2) is 4.57 Å². The van der Waals surface area contributed by atoms with E-state index in [2.05, 4.69) is 111 Å². The van der Waals surface area contributed by atoms with E-state index < -0.39 is 26.5 Å². The van der Waals surface area contributed by atoms with Crippen LogP contribution >= 0.6 is 7.82 Å². The molecule has 0 aromatic heterocycles. The number of allylic oxidation sites excluding steroid dienone is 16. The van der Waals surface area contributed by atoms with Crippen LogP contribution in [0.5, 0.6) is 0 Å². The molecule has 0 aromatic carbocycles. The summed E-state index contributed by atoms with van der Waals surface area (Å²) < 4.78 is 33.3. The topological polar surface area (TPSA) is 134 Å². The van der Waals surface area contributed by atoms with Gasteiger partial charge in [0.15, 0.2) is 6.10 Å². The fourth-order valence-corrected chi connectivity index (χ4v) is 12.4. The minimum Gasteiger partial charge on any atom is -0.462 e. The molecule has 2 atom stereocenters. The minimum atomic E-state index is -4.40. The Kier molecular flexibility index (Phi) is 75.4. The van der Waals surface area contributed by atoms with E-state index in [0.29, 0.717) is 6.42 Å². The highest BCUT2D eigenvalue weighted by molar-refractivity contribution is 7.47. The minimum absolute atomic E-state index is 0.0532. The summed E-state index contributed by atoms with van der Waals surface area (Å²) in [5.74, 6) is -0.809. The number of carbonyl (C=O) groups is 2. The van der Waals surface area contributed by atoms with Gasteiger partial charge in [-0.3, -0.25) is 18.6 Å². The number of hydrogen-bond donors (Lipinski definition) is 2. The van der Waals surface area contributed by atoms with Gasteiger partial charge in [0.1, 0.15) is 6.61 Å². The summed E-state index contributed by atoms with van der Waals surface area (Å²) in [7, 11) is -4.40. The van der Waals surface area contributed by atoms with Crippen molar-refractivity contribution in [2.75, 3.05) is 26.4 Å². The molecule has 0 saturated carbocycles. The first-order valence-corrected chi connectivity index (χ1v) is 41.2. The number of phosphoric acid groups is 1. The third kappa shape index (κ3) is 77.8. The predicted molar refractivity (Wildman–Crippen MR) is 404 cm³/mol. The molecule has 2 unspecified atom stereocenters. The summed E-state index contributed by atoms with van der Waals surface area (Å²) in [5, 5.41) is 0. The van der Waals surface area contributed by atoms with Crippen molar-refractivity contribution in [3.05, 3.63) is 97.2 Å². The average molecular weight is 1320 g/mol. The summed E-state index contributed by atoms with van der Waals surface area (Å²) in [6.07, 6.45) is 107. The van der Waals surface area contributed by atoms with Crippen LogP contribution in [0, 0.1) is 0 Å². The molecule has 0 heterocycles. The SMILES string of the molecule is CC/C=C\C/C=C\C/C=C\C/C=C\C/C=C\C/C=C\CCCCCCCCCCCCCCCCCCCCC(=O)OC(COC(=O)CCCCCCCCCCCCCCCCCCCCCCCCC/C=C\C/C=C\CCCCCCC)COP(=O)(O)OCCN. The van der Waals surface area contributed by atoms with Crippen LogP contribution < -0.4 is 5.73 Å². The molecule has 540 valence electrons. The van der Waals surface area contributed by atoms with Gasteiger partial charge < -0.3 is 20.1 Å². The van der Waals surface area contributed by atoms with Crippen molar-refractivity contribution >= 4 is 19.8 Å². The highest BCUT2D eigenvalue weighted by Gasteiger charge is 2.26. The molecule has 10 heteroatoms. The summed E-state index contributed by atoms with van der Waals surface area (Å²) in [5.41, 5.74) is 5.42. The van der Waals surface area contributed by atoms with Crippen LogP contribution in [0.4, 0.5) is 0 Å². The lowest BCUT2D eigenvalue weighted by molar-refractivity contribution is -0.161. The second kappa shape index (κ2) is 77.9. The molecule has 0 fully saturated rings. The number of hydrogen-bond acceptors (Lipinski definition) is 8. The van der Waals surface area contributed by atoms with E-state index in [9.17, 15) is 19.0 Å². The number of carbonyl (C=O) groups excluding carboxylic acids is 2. The monoisotopic (exact) mass is 1320 g/mol. The molecule has 0 aromatic rings. The van der Waals surface area contributed by atoms with Crippen LogP contribution in [-0.2, 0) is 32.7 Å². The Morgan fingerprint density at radius 3 is 0.882 bits per heavy atom. The van der Waals surface area contributed by atoms with Crippen LogP contribution in [0.15, 0.2) is 97.2 Å². The third-order valence-corrected chi connectivity index (χ3v) is 18.4. The molecule has 0 rings (SSSR count). The number of phosphoric ester groups is 1. The lowest BCUT2D eigenvalue weighted by Crippen LogP contribution is -2.29. The van der Waals surface area contributed by atoms with Gasteiger partial charge in [-0.15, -0.1) is 0 Å². The maximum atomic E-state index is 12.8. The molecule has 0 aliphatic carbocycles. The second-order valence-electron chi connectivity index (χ2n) is 26.6. The van der Waals surface area contributed by atoms with E-state index in [-0.39, 0.29) is 38.6 Å². The fourth-order valence-electron chi connectivity index (χ4n) is 11.6. The van der Waals surface area contributed by atoms with Crippen molar-refractivity contribution in [3.8, 4) is 0 Å². The first-order valence-electron chi connectivity index (χ1n) is 39.7. The lowest BCUT2D eigenvalue weighted by atomic mass is 10.0. The largest absolute Gasteiger partial charge is 0.472 e. The molecule has 3 N–H and O–H groups in total. The quantitative estimate of drug-likeness (QED) is 0.0264. The molecular weight excluding hydrogens is 1170 g/mol. The van der Waals surface area contributed by atoms with Crippen molar-refractivity contribution in [2.24, 2.45) is 5.73 Å². The maximum absolute atomic E-state index is 12.8. The first kappa shape index (κ1) is 89.9. The van der Waals surface area contributed by atoms with Gasteiger partial charge >= 0.3 is 19.8 Å². The van der Waals surface area contributed by atoms with Crippen molar-refractivity contribution in [1.82, 2.24) is 0 Å². The Hall–Kier alpha value is -3.07. The zero-order valence-corrected chi connectivity index (χ0v) is 61.9. The number of rotatable bonds is 75. The van der Waals surface area contributed by atoms with Crippen LogP contribution in [0.1, 0.15) is 386 Å². The van der Waals surface area contributed by atoms with Gasteiger partial charge in [0, 0.05) is 19.4 Å². The standard InChI is InChI=1S/C83H150NO8P/c1-3-5-7-9-11-13-15-17-19-21-23-25-27-29-31-33-35-37-39-40-42-44-46-48-50-52-54-56-58-60-62-64-66-68-70-72-74-76-83(86)92-81(80-91-93(87,88)90-78-77-84)79-89-82(85)75-73-71-69-67-65-63-61-59-57-55-53-51-49-47-45-43-41-38-36-34-32-30-28-26-24-22-20-18-16-14-12-10-8-6-4-2/h5,7,11,13,16-19,22-25,29,31,35,37,81H,3-4,6,8-10,12,14-15,20-21,26-28,30,32-34,36,38-80,84H2,1-2H3,(H,87,88)/b7-5-,13-11-,18-16-,19-17-,24-22-,25-23-,31-29-,37-35-. The van der Waals surface area contributed by atoms with E-state index in [1.807, 2.05) is 0 Å². The van der Waals surface area contributed by atoms with E-state index in [1.54, 1.807) is 0 Å². The van der Waals surface area contributed by atoms with Crippen LogP contribution in [0.3, 0.4) is 0 Å². The number of unbranched alkanes of at least 4 members (excludes halogenated alkanes) is 46. The van der Waals surface area contributed by atoms with Crippen molar-refractivity contribution in [1.29, 1.82) is 0 Å². The van der Waals surface area contributed by atoms with Gasteiger partial charge in [-0.2, -0.15) is 0 Å². The zero-order valence-electron chi connectivity index (χ0n) is 61.0. The Bertz CT molecular complexity index is 1850. The smallest absolute Gasteiger partial charge is 0.462 e. The molecular formula is C83H150NO8P. The fraction of sp³-hybridized carbons (Fsp3) is 0.783. The van der Waals surface area contributed by atoms with Gasteiger partial charge in [0.2, 0.25) is 0 Å². The Morgan fingerprint density at radius 2 is 0.591 bits per heavy atom.